The lowest BCUT2D eigenvalue weighted by molar-refractivity contribution is 0.191. The molecule has 2 rings (SSSR count). The Kier molecular flexibility index (Phi) is 5.30. The highest BCUT2D eigenvalue weighted by Crippen LogP contribution is 2.23. The van der Waals surface area contributed by atoms with E-state index in [1.54, 1.807) is 11.9 Å². The van der Waals surface area contributed by atoms with Crippen molar-refractivity contribution in [3.63, 3.8) is 0 Å². The number of ether oxygens (including phenoxy) is 1. The number of nitrogens with zero attached hydrogens (tertiary/aromatic N) is 4. The van der Waals surface area contributed by atoms with Gasteiger partial charge in [-0.25, -0.2) is 0 Å². The van der Waals surface area contributed by atoms with E-state index in [-0.39, 0.29) is 0 Å². The number of aryl methyl sites for hydroxylation is 1. The van der Waals surface area contributed by atoms with Crippen LogP contribution in [0, 0.1) is 0 Å². The third kappa shape index (κ3) is 4.01. The summed E-state index contributed by atoms with van der Waals surface area (Å²) in [6.45, 7) is 1.57. The molecule has 2 aromatic rings. The van der Waals surface area contributed by atoms with E-state index in [0.717, 1.165) is 38.0 Å². The third-order valence-electron chi connectivity index (χ3n) is 2.77. The van der Waals surface area contributed by atoms with Gasteiger partial charge in [0.05, 0.1) is 11.6 Å². The minimum atomic E-state index is 0.572. The fourth-order valence-corrected chi connectivity index (χ4v) is 1.98. The van der Waals surface area contributed by atoms with Crippen LogP contribution in [0.3, 0.4) is 0 Å². The maximum atomic E-state index is 6.10. The average Bonchev–Trinajstić information content (AvgIpc) is 2.88. The monoisotopic (exact) mass is 280 g/mol. The molecule has 0 unspecified atom stereocenters. The van der Waals surface area contributed by atoms with Crippen molar-refractivity contribution in [2.24, 2.45) is 0 Å². The summed E-state index contributed by atoms with van der Waals surface area (Å²) in [6.07, 6.45) is 3.17. The smallest absolute Gasteiger partial charge is 0.206 e. The molecule has 1 aromatic heterocycles. The predicted molar refractivity (Wildman–Crippen MR) is 74.0 cm³/mol. The number of unbranched alkanes of at least 4 members (excludes halogenated alkanes) is 2. The molecule has 1 aromatic carbocycles. The summed E-state index contributed by atoms with van der Waals surface area (Å²) in [5, 5.41) is 13.1. The van der Waals surface area contributed by atoms with Gasteiger partial charge >= 0.3 is 0 Å². The quantitative estimate of drug-likeness (QED) is 0.732. The summed E-state index contributed by atoms with van der Waals surface area (Å²) in [7, 11) is 1.72. The number of aromatic nitrogens is 4. The Labute approximate surface area is 117 Å². The van der Waals surface area contributed by atoms with Gasteiger partial charge in [-0.2, -0.15) is 4.80 Å². The predicted octanol–water partition coefficient (Wildman–Crippen LogP) is 2.81. The van der Waals surface area contributed by atoms with Crippen molar-refractivity contribution in [1.82, 2.24) is 20.2 Å². The zero-order chi connectivity index (χ0) is 13.5. The molecule has 102 valence electrons. The summed E-state index contributed by atoms with van der Waals surface area (Å²) in [6, 6.07) is 7.50. The fraction of sp³-hybridized carbons (Fsp3) is 0.462. The van der Waals surface area contributed by atoms with Crippen LogP contribution in [-0.2, 0) is 11.3 Å². The van der Waals surface area contributed by atoms with Gasteiger partial charge in [0.15, 0.2) is 0 Å². The first-order chi connectivity index (χ1) is 9.31. The first-order valence-corrected chi connectivity index (χ1v) is 6.70. The topological polar surface area (TPSA) is 52.8 Å². The van der Waals surface area contributed by atoms with Gasteiger partial charge in [-0.3, -0.25) is 0 Å². The SMILES string of the molecule is COCCCCCn1nnc(-c2ccccc2Cl)n1. The van der Waals surface area contributed by atoms with Gasteiger partial charge in [-0.05, 0) is 36.6 Å². The van der Waals surface area contributed by atoms with Crippen molar-refractivity contribution in [1.29, 1.82) is 0 Å². The molecule has 19 heavy (non-hydrogen) atoms. The highest BCUT2D eigenvalue weighted by Gasteiger charge is 2.08. The Morgan fingerprint density at radius 2 is 2.05 bits per heavy atom. The molecule has 0 saturated heterocycles. The van der Waals surface area contributed by atoms with Gasteiger partial charge in [0.2, 0.25) is 5.82 Å². The lowest BCUT2D eigenvalue weighted by Crippen LogP contribution is -2.03. The van der Waals surface area contributed by atoms with E-state index in [4.69, 9.17) is 16.3 Å². The largest absolute Gasteiger partial charge is 0.385 e. The highest BCUT2D eigenvalue weighted by molar-refractivity contribution is 6.33. The molecule has 1 heterocycles. The average molecular weight is 281 g/mol. The number of tetrazole rings is 1. The summed E-state index contributed by atoms with van der Waals surface area (Å²) in [5.74, 6) is 0.572. The molecular weight excluding hydrogens is 264 g/mol. The lowest BCUT2D eigenvalue weighted by atomic mass is 10.2. The van der Waals surface area contributed by atoms with E-state index in [0.29, 0.717) is 10.8 Å². The van der Waals surface area contributed by atoms with Crippen molar-refractivity contribution in [2.75, 3.05) is 13.7 Å². The van der Waals surface area contributed by atoms with Crippen LogP contribution >= 0.6 is 11.6 Å². The molecule has 0 aliphatic rings. The zero-order valence-corrected chi connectivity index (χ0v) is 11.7. The number of hydrogen-bond acceptors (Lipinski definition) is 4. The zero-order valence-electron chi connectivity index (χ0n) is 10.9. The first kappa shape index (κ1) is 14.0. The van der Waals surface area contributed by atoms with Crippen molar-refractivity contribution in [3.05, 3.63) is 29.3 Å². The van der Waals surface area contributed by atoms with Gasteiger partial charge in [-0.1, -0.05) is 23.7 Å². The second-order valence-electron chi connectivity index (χ2n) is 4.24. The molecule has 0 bridgehead atoms. The van der Waals surface area contributed by atoms with Crippen LogP contribution in [0.5, 0.6) is 0 Å². The number of methoxy groups -OCH3 is 1. The molecule has 0 aliphatic carbocycles. The molecule has 0 saturated carbocycles. The molecule has 0 radical (unpaired) electrons. The molecule has 6 heteroatoms. The van der Waals surface area contributed by atoms with Crippen LogP contribution in [0.25, 0.3) is 11.4 Å². The second kappa shape index (κ2) is 7.21. The van der Waals surface area contributed by atoms with Gasteiger partial charge in [0, 0.05) is 19.3 Å². The van der Waals surface area contributed by atoms with Crippen molar-refractivity contribution in [3.8, 4) is 11.4 Å². The normalized spacial score (nSPS) is 10.8. The van der Waals surface area contributed by atoms with Crippen molar-refractivity contribution in [2.45, 2.75) is 25.8 Å². The summed E-state index contributed by atoms with van der Waals surface area (Å²) in [4.78, 5) is 1.62. The number of hydrogen-bond donors (Lipinski definition) is 0. The standard InChI is InChI=1S/C13H17ClN4O/c1-19-10-6-2-5-9-18-16-13(15-17-18)11-7-3-4-8-12(11)14/h3-4,7-8H,2,5-6,9-10H2,1H3. The van der Waals surface area contributed by atoms with E-state index in [2.05, 4.69) is 15.4 Å². The molecule has 0 spiro atoms. The Bertz CT molecular complexity index is 515. The highest BCUT2D eigenvalue weighted by atomic mass is 35.5. The molecule has 0 atom stereocenters. The maximum Gasteiger partial charge on any atom is 0.206 e. The van der Waals surface area contributed by atoms with Gasteiger partial charge in [0.25, 0.3) is 0 Å². The van der Waals surface area contributed by atoms with Crippen molar-refractivity contribution < 1.29 is 4.74 Å². The fourth-order valence-electron chi connectivity index (χ4n) is 1.76. The van der Waals surface area contributed by atoms with Gasteiger partial charge in [0.1, 0.15) is 0 Å². The number of halogens is 1. The maximum absolute atomic E-state index is 6.10. The van der Waals surface area contributed by atoms with Crippen LogP contribution in [0.2, 0.25) is 5.02 Å². The molecule has 0 aliphatic heterocycles. The van der Waals surface area contributed by atoms with Crippen molar-refractivity contribution >= 4 is 11.6 Å². The Hall–Kier alpha value is -1.46. The van der Waals surface area contributed by atoms with E-state index >= 15 is 0 Å². The van der Waals surface area contributed by atoms with Crippen LogP contribution < -0.4 is 0 Å². The van der Waals surface area contributed by atoms with E-state index < -0.39 is 0 Å². The van der Waals surface area contributed by atoms with E-state index in [1.165, 1.54) is 0 Å². The van der Waals surface area contributed by atoms with Gasteiger partial charge < -0.3 is 4.74 Å². The summed E-state index contributed by atoms with van der Waals surface area (Å²) in [5.41, 5.74) is 0.815. The third-order valence-corrected chi connectivity index (χ3v) is 3.10. The molecular formula is C13H17ClN4O. The minimum Gasteiger partial charge on any atom is -0.385 e. The Morgan fingerprint density at radius 1 is 1.21 bits per heavy atom. The van der Waals surface area contributed by atoms with Gasteiger partial charge in [-0.15, -0.1) is 10.2 Å². The minimum absolute atomic E-state index is 0.572. The number of benzene rings is 1. The summed E-state index contributed by atoms with van der Waals surface area (Å²) >= 11 is 6.10. The second-order valence-corrected chi connectivity index (χ2v) is 4.65. The first-order valence-electron chi connectivity index (χ1n) is 6.33. The molecule has 0 fully saturated rings. The molecule has 0 amide bonds. The molecule has 0 N–H and O–H groups in total. The van der Waals surface area contributed by atoms with Crippen LogP contribution in [0.4, 0.5) is 0 Å². The Morgan fingerprint density at radius 3 is 2.84 bits per heavy atom. The van der Waals surface area contributed by atoms with E-state index in [9.17, 15) is 0 Å². The number of rotatable bonds is 7. The van der Waals surface area contributed by atoms with Crippen LogP contribution in [0.15, 0.2) is 24.3 Å². The Balaban J connectivity index is 1.91. The molecule has 5 nitrogen and oxygen atoms in total. The van der Waals surface area contributed by atoms with Crippen LogP contribution in [0.1, 0.15) is 19.3 Å². The van der Waals surface area contributed by atoms with Crippen LogP contribution in [-0.4, -0.2) is 33.9 Å². The summed E-state index contributed by atoms with van der Waals surface area (Å²) < 4.78 is 5.00. The van der Waals surface area contributed by atoms with E-state index in [1.807, 2.05) is 24.3 Å². The lowest BCUT2D eigenvalue weighted by Gasteiger charge is -1.99.